The van der Waals surface area contributed by atoms with E-state index in [1.807, 2.05) is 25.1 Å². The molecular weight excluding hydrogens is 276 g/mol. The Labute approximate surface area is 131 Å². The molecule has 4 nitrogen and oxygen atoms in total. The standard InChI is InChI=1S/C18H22N2O2/c1-2-17(9-8-13-6-4-3-5-7-13)22-18(21)14-10-15(19)12-16(20)11-14/h3-7,10-12,17H,2,8-9,19-20H2,1H3/t17-/m0/s1. The molecule has 22 heavy (non-hydrogen) atoms. The minimum atomic E-state index is -0.376. The van der Waals surface area contributed by atoms with Crippen LogP contribution in [0.25, 0.3) is 0 Å². The van der Waals surface area contributed by atoms with Crippen molar-refractivity contribution in [3.8, 4) is 0 Å². The van der Waals surface area contributed by atoms with Gasteiger partial charge in [-0.2, -0.15) is 0 Å². The third-order valence-electron chi connectivity index (χ3n) is 3.54. The molecule has 116 valence electrons. The molecule has 0 spiro atoms. The zero-order valence-electron chi connectivity index (χ0n) is 12.8. The summed E-state index contributed by atoms with van der Waals surface area (Å²) in [7, 11) is 0. The van der Waals surface area contributed by atoms with Crippen molar-refractivity contribution in [2.75, 3.05) is 11.5 Å². The third kappa shape index (κ3) is 4.52. The number of aryl methyl sites for hydroxylation is 1. The number of nitrogen functional groups attached to an aromatic ring is 2. The Hall–Kier alpha value is -2.49. The van der Waals surface area contributed by atoms with Crippen LogP contribution in [0.4, 0.5) is 11.4 Å². The first-order chi connectivity index (χ1) is 10.6. The van der Waals surface area contributed by atoms with Crippen LogP contribution in [0.2, 0.25) is 0 Å². The van der Waals surface area contributed by atoms with E-state index in [4.69, 9.17) is 16.2 Å². The zero-order chi connectivity index (χ0) is 15.9. The molecule has 0 aromatic heterocycles. The first-order valence-corrected chi connectivity index (χ1v) is 7.49. The van der Waals surface area contributed by atoms with E-state index < -0.39 is 0 Å². The number of carbonyl (C=O) groups is 1. The largest absolute Gasteiger partial charge is 0.459 e. The summed E-state index contributed by atoms with van der Waals surface area (Å²) in [6.45, 7) is 2.01. The maximum atomic E-state index is 12.2. The lowest BCUT2D eigenvalue weighted by atomic mass is 10.1. The van der Waals surface area contributed by atoms with Crippen molar-refractivity contribution >= 4 is 17.3 Å². The molecule has 0 radical (unpaired) electrons. The fraction of sp³-hybridized carbons (Fsp3) is 0.278. The van der Waals surface area contributed by atoms with Crippen LogP contribution < -0.4 is 11.5 Å². The van der Waals surface area contributed by atoms with Gasteiger partial charge in [0.1, 0.15) is 6.10 Å². The Kier molecular flexibility index (Phi) is 5.42. The first kappa shape index (κ1) is 15.9. The number of ether oxygens (including phenoxy) is 1. The Morgan fingerprint density at radius 2 is 1.73 bits per heavy atom. The number of rotatable bonds is 6. The molecule has 0 aliphatic heterocycles. The lowest BCUT2D eigenvalue weighted by Crippen LogP contribution is -2.18. The van der Waals surface area contributed by atoms with Gasteiger partial charge in [0.05, 0.1) is 5.56 Å². The molecule has 0 fully saturated rings. The van der Waals surface area contributed by atoms with Gasteiger partial charge in [-0.1, -0.05) is 37.3 Å². The van der Waals surface area contributed by atoms with Crippen molar-refractivity contribution < 1.29 is 9.53 Å². The van der Waals surface area contributed by atoms with Crippen molar-refractivity contribution in [1.29, 1.82) is 0 Å². The second kappa shape index (κ2) is 7.50. The molecule has 1 atom stereocenters. The highest BCUT2D eigenvalue weighted by Gasteiger charge is 2.15. The van der Waals surface area contributed by atoms with E-state index in [2.05, 4.69) is 12.1 Å². The van der Waals surface area contributed by atoms with Crippen molar-refractivity contribution in [2.45, 2.75) is 32.3 Å². The molecule has 2 aromatic rings. The highest BCUT2D eigenvalue weighted by Crippen LogP contribution is 2.17. The second-order valence-corrected chi connectivity index (χ2v) is 5.35. The fourth-order valence-corrected chi connectivity index (χ4v) is 2.33. The summed E-state index contributed by atoms with van der Waals surface area (Å²) in [6.07, 6.45) is 2.34. The van der Waals surface area contributed by atoms with E-state index in [0.717, 1.165) is 19.3 Å². The summed E-state index contributed by atoms with van der Waals surface area (Å²) in [6, 6.07) is 15.0. The van der Waals surface area contributed by atoms with E-state index in [0.29, 0.717) is 16.9 Å². The van der Waals surface area contributed by atoms with Crippen molar-refractivity contribution in [2.24, 2.45) is 0 Å². The topological polar surface area (TPSA) is 78.3 Å². The molecule has 2 rings (SSSR count). The maximum absolute atomic E-state index is 12.2. The molecule has 2 aromatic carbocycles. The van der Waals surface area contributed by atoms with Crippen LogP contribution in [-0.4, -0.2) is 12.1 Å². The molecule has 0 aliphatic rings. The van der Waals surface area contributed by atoms with Crippen LogP contribution in [0, 0.1) is 0 Å². The van der Waals surface area contributed by atoms with Gasteiger partial charge in [-0.25, -0.2) is 4.79 Å². The van der Waals surface area contributed by atoms with Gasteiger partial charge < -0.3 is 16.2 Å². The molecule has 0 unspecified atom stereocenters. The predicted molar refractivity (Wildman–Crippen MR) is 89.5 cm³/mol. The molecule has 0 saturated carbocycles. The van der Waals surface area contributed by atoms with Crippen LogP contribution >= 0.6 is 0 Å². The Morgan fingerprint density at radius 1 is 1.09 bits per heavy atom. The smallest absolute Gasteiger partial charge is 0.338 e. The van der Waals surface area contributed by atoms with Gasteiger partial charge in [0, 0.05) is 11.4 Å². The van der Waals surface area contributed by atoms with E-state index >= 15 is 0 Å². The number of esters is 1. The van der Waals surface area contributed by atoms with E-state index in [-0.39, 0.29) is 12.1 Å². The lowest BCUT2D eigenvalue weighted by Gasteiger charge is -2.16. The van der Waals surface area contributed by atoms with Gasteiger partial charge in [-0.3, -0.25) is 0 Å². The van der Waals surface area contributed by atoms with Gasteiger partial charge in [0.25, 0.3) is 0 Å². The Bertz CT molecular complexity index is 606. The quantitative estimate of drug-likeness (QED) is 0.632. The molecule has 0 amide bonds. The van der Waals surface area contributed by atoms with Crippen molar-refractivity contribution in [1.82, 2.24) is 0 Å². The van der Waals surface area contributed by atoms with Crippen LogP contribution in [-0.2, 0) is 11.2 Å². The summed E-state index contributed by atoms with van der Waals surface area (Å²) >= 11 is 0. The fourth-order valence-electron chi connectivity index (χ4n) is 2.33. The van der Waals surface area contributed by atoms with E-state index in [1.165, 1.54) is 5.56 Å². The molecule has 0 heterocycles. The van der Waals surface area contributed by atoms with Crippen molar-refractivity contribution in [3.63, 3.8) is 0 Å². The van der Waals surface area contributed by atoms with Crippen LogP contribution in [0.3, 0.4) is 0 Å². The SMILES string of the molecule is CC[C@@H](CCc1ccccc1)OC(=O)c1cc(N)cc(N)c1. The van der Waals surface area contributed by atoms with Gasteiger partial charge in [0.2, 0.25) is 0 Å². The van der Waals surface area contributed by atoms with Gasteiger partial charge in [0.15, 0.2) is 0 Å². The normalized spacial score (nSPS) is 11.9. The van der Waals surface area contributed by atoms with Gasteiger partial charge >= 0.3 is 5.97 Å². The van der Waals surface area contributed by atoms with Crippen LogP contribution in [0.5, 0.6) is 0 Å². The average molecular weight is 298 g/mol. The maximum Gasteiger partial charge on any atom is 0.338 e. The van der Waals surface area contributed by atoms with E-state index in [1.54, 1.807) is 18.2 Å². The van der Waals surface area contributed by atoms with Gasteiger partial charge in [-0.05, 0) is 43.0 Å². The lowest BCUT2D eigenvalue weighted by molar-refractivity contribution is 0.0274. The Balaban J connectivity index is 1.95. The monoisotopic (exact) mass is 298 g/mol. The molecule has 4 heteroatoms. The average Bonchev–Trinajstić information content (AvgIpc) is 2.51. The van der Waals surface area contributed by atoms with Crippen LogP contribution in [0.15, 0.2) is 48.5 Å². The second-order valence-electron chi connectivity index (χ2n) is 5.35. The summed E-state index contributed by atoms with van der Waals surface area (Å²) in [4.78, 5) is 12.2. The summed E-state index contributed by atoms with van der Waals surface area (Å²) in [5.41, 5.74) is 14.0. The van der Waals surface area contributed by atoms with E-state index in [9.17, 15) is 4.79 Å². The number of hydrogen-bond donors (Lipinski definition) is 2. The predicted octanol–water partition coefficient (Wildman–Crippen LogP) is 3.42. The van der Waals surface area contributed by atoms with Crippen molar-refractivity contribution in [3.05, 3.63) is 59.7 Å². The zero-order valence-corrected chi connectivity index (χ0v) is 12.8. The number of nitrogens with two attached hydrogens (primary N) is 2. The van der Waals surface area contributed by atoms with Gasteiger partial charge in [-0.15, -0.1) is 0 Å². The highest BCUT2D eigenvalue weighted by molar-refractivity contribution is 5.91. The van der Waals surface area contributed by atoms with Crippen LogP contribution in [0.1, 0.15) is 35.7 Å². The number of hydrogen-bond acceptors (Lipinski definition) is 4. The summed E-state index contributed by atoms with van der Waals surface area (Å²) < 4.78 is 5.57. The molecule has 0 bridgehead atoms. The number of benzene rings is 2. The first-order valence-electron chi connectivity index (χ1n) is 7.49. The number of carbonyl (C=O) groups excluding carboxylic acids is 1. The minimum absolute atomic E-state index is 0.115. The Morgan fingerprint density at radius 3 is 2.32 bits per heavy atom. The third-order valence-corrected chi connectivity index (χ3v) is 3.54. The molecule has 4 N–H and O–H groups in total. The molecular formula is C18H22N2O2. The molecule has 0 aliphatic carbocycles. The summed E-state index contributed by atoms with van der Waals surface area (Å²) in [5.74, 6) is -0.376. The highest BCUT2D eigenvalue weighted by atomic mass is 16.5. The molecule has 0 saturated heterocycles. The summed E-state index contributed by atoms with van der Waals surface area (Å²) in [5, 5.41) is 0. The minimum Gasteiger partial charge on any atom is -0.459 e. The number of anilines is 2.